The lowest BCUT2D eigenvalue weighted by Crippen LogP contribution is -2.07. The lowest BCUT2D eigenvalue weighted by molar-refractivity contribution is -0.137. The lowest BCUT2D eigenvalue weighted by Gasteiger charge is -2.21. The first-order valence-corrected chi connectivity index (χ1v) is 32.1. The molecule has 4 aromatic heterocycles. The summed E-state index contributed by atoms with van der Waals surface area (Å²) in [6.45, 7) is 26.9. The molecule has 0 bridgehead atoms. The van der Waals surface area contributed by atoms with E-state index in [1.165, 1.54) is 49.9 Å². The molecule has 8 nitrogen and oxygen atoms in total. The minimum absolute atomic E-state index is 0.144. The summed E-state index contributed by atoms with van der Waals surface area (Å²) in [6, 6.07) is 74.6. The molecule has 0 aliphatic rings. The second-order valence-electron chi connectivity index (χ2n) is 25.5. The molecule has 16 aromatic rings. The molecule has 0 aliphatic carbocycles. The first-order chi connectivity index (χ1) is 46.9. The number of hydrogen-bond acceptors (Lipinski definition) is 3. The van der Waals surface area contributed by atoms with E-state index in [0.29, 0.717) is 39.2 Å². The number of halogens is 3. The molecule has 0 aliphatic heterocycles. The quantitative estimate of drug-likeness (QED) is 0.155. The molecule has 4 heterocycles. The van der Waals surface area contributed by atoms with Crippen LogP contribution in [0.4, 0.5) is 18.9 Å². The highest BCUT2D eigenvalue weighted by Gasteiger charge is 2.33. The molecule has 0 saturated heterocycles. The van der Waals surface area contributed by atoms with Crippen LogP contribution < -0.4 is 0 Å². The second-order valence-corrected chi connectivity index (χ2v) is 25.5. The number of benzene rings is 12. The van der Waals surface area contributed by atoms with E-state index in [2.05, 4.69) is 218 Å². The van der Waals surface area contributed by atoms with Gasteiger partial charge in [-0.25, -0.2) is 4.85 Å². The normalized spacial score (nSPS) is 11.7. The Hall–Kier alpha value is -12.4. The monoisotopic (exact) mass is 1260 g/mol. The Morgan fingerprint density at radius 1 is 0.320 bits per heavy atom. The van der Waals surface area contributed by atoms with Gasteiger partial charge in [0.05, 0.1) is 85.1 Å². The third kappa shape index (κ3) is 9.23. The van der Waals surface area contributed by atoms with Gasteiger partial charge in [-0.3, -0.25) is 0 Å². The van der Waals surface area contributed by atoms with Crippen LogP contribution in [0.15, 0.2) is 206 Å². The molecule has 12 aromatic carbocycles. The molecule has 0 spiro atoms. The molecule has 0 N–H and O–H groups in total. The maximum absolute atomic E-state index is 13.9. The first-order valence-electron chi connectivity index (χ1n) is 32.1. The van der Waals surface area contributed by atoms with E-state index in [0.717, 1.165) is 128 Å². The third-order valence-electron chi connectivity index (χ3n) is 19.8. The minimum atomic E-state index is -4.61. The number of hydrogen-bond donors (Lipinski definition) is 0. The maximum Gasteiger partial charge on any atom is 0.415 e. The van der Waals surface area contributed by atoms with Gasteiger partial charge in [-0.15, -0.1) is 0 Å². The number of nitrogens with zero attached hydrogens (tertiary/aromatic N) is 8. The Labute approximate surface area is 558 Å². The number of alkyl halides is 3. The average molecular weight is 1260 g/mol. The summed E-state index contributed by atoms with van der Waals surface area (Å²) in [5.41, 5.74) is 24.0. The largest absolute Gasteiger partial charge is 0.415 e. The summed E-state index contributed by atoms with van der Waals surface area (Å²) >= 11 is 0. The Kier molecular flexibility index (Phi) is 14.4. The number of nitriles is 3. The average Bonchev–Trinajstić information content (AvgIpc) is 1.60. The highest BCUT2D eigenvalue weighted by molar-refractivity contribution is 6.17. The molecule has 16 rings (SSSR count). The van der Waals surface area contributed by atoms with Gasteiger partial charge in [0.25, 0.3) is 0 Å². The van der Waals surface area contributed by atoms with Crippen LogP contribution in [0, 0.1) is 103 Å². The van der Waals surface area contributed by atoms with Gasteiger partial charge in [-0.1, -0.05) is 127 Å². The van der Waals surface area contributed by atoms with Crippen molar-refractivity contribution in [2.75, 3.05) is 0 Å². The summed E-state index contributed by atoms with van der Waals surface area (Å²) in [7, 11) is 0. The zero-order chi connectivity index (χ0) is 67.6. The molecular formula is C86H61F3N8. The van der Waals surface area contributed by atoms with Gasteiger partial charge in [0.1, 0.15) is 23.3 Å². The molecule has 0 radical (unpaired) electrons. The summed E-state index contributed by atoms with van der Waals surface area (Å²) in [5, 5.41) is 41.3. The van der Waals surface area contributed by atoms with Crippen molar-refractivity contribution in [3.05, 3.63) is 290 Å². The van der Waals surface area contributed by atoms with E-state index < -0.39 is 11.7 Å². The van der Waals surface area contributed by atoms with Crippen molar-refractivity contribution in [3.8, 4) is 63.2 Å². The molecule has 0 unspecified atom stereocenters. The van der Waals surface area contributed by atoms with Gasteiger partial charge in [0, 0.05) is 54.2 Å². The highest BCUT2D eigenvalue weighted by atomic mass is 19.4. The highest BCUT2D eigenvalue weighted by Crippen LogP contribution is 2.49. The molecule has 97 heavy (non-hydrogen) atoms. The zero-order valence-electron chi connectivity index (χ0n) is 54.8. The summed E-state index contributed by atoms with van der Waals surface area (Å²) < 4.78 is 50.3. The van der Waals surface area contributed by atoms with Gasteiger partial charge < -0.3 is 18.3 Å². The van der Waals surface area contributed by atoms with Gasteiger partial charge >= 0.3 is 6.18 Å². The fourth-order valence-electron chi connectivity index (χ4n) is 15.5. The van der Waals surface area contributed by atoms with Crippen LogP contribution >= 0.6 is 0 Å². The summed E-state index contributed by atoms with van der Waals surface area (Å²) in [5.74, 6) is 0. The number of aromatic nitrogens is 4. The van der Waals surface area contributed by atoms with Gasteiger partial charge in [-0.05, 0) is 208 Å². The first kappa shape index (κ1) is 60.8. The van der Waals surface area contributed by atoms with Crippen LogP contribution in [0.1, 0.15) is 72.3 Å². The van der Waals surface area contributed by atoms with Crippen molar-refractivity contribution in [2.45, 2.75) is 68.5 Å². The van der Waals surface area contributed by atoms with Gasteiger partial charge in [0.15, 0.2) is 5.69 Å². The van der Waals surface area contributed by atoms with Crippen molar-refractivity contribution in [1.82, 2.24) is 18.3 Å². The Morgan fingerprint density at radius 3 is 0.887 bits per heavy atom. The fraction of sp³-hybridized carbons (Fsp3) is 0.116. The van der Waals surface area contributed by atoms with Gasteiger partial charge in [-0.2, -0.15) is 29.0 Å². The van der Waals surface area contributed by atoms with Crippen molar-refractivity contribution in [2.24, 2.45) is 0 Å². The fourth-order valence-corrected chi connectivity index (χ4v) is 15.5. The minimum Gasteiger partial charge on any atom is -0.308 e. The van der Waals surface area contributed by atoms with Gasteiger partial charge in [0.2, 0.25) is 0 Å². The predicted molar refractivity (Wildman–Crippen MR) is 389 cm³/mol. The van der Waals surface area contributed by atoms with E-state index in [1.807, 2.05) is 73.7 Å². The van der Waals surface area contributed by atoms with Crippen molar-refractivity contribution in [3.63, 3.8) is 0 Å². The Balaban J connectivity index is 0.000000159. The van der Waals surface area contributed by atoms with E-state index in [-0.39, 0.29) is 5.69 Å². The SMILES string of the molecule is Cc1cc(C#N)ccc1-c1ccc(-n2c3cccc(C)c3c3c(C)cccc32)c(C#N)c1-n1c2cccc(C)c2c2c(C)cccc21.[C-]#[N+]c1cc(C(F)(F)F)ccc1-c1ccc(-n2c3cccc(C)c3c3c(C)cccc32)c(C#N)c1-n1c2cccc(C)c2c2c(C)cccc21. The molecule has 0 atom stereocenters. The number of aryl methyl sites for hydroxylation is 9. The van der Waals surface area contributed by atoms with E-state index in [4.69, 9.17) is 6.57 Å². The van der Waals surface area contributed by atoms with Crippen molar-refractivity contribution >= 4 is 92.9 Å². The maximum atomic E-state index is 13.9. The van der Waals surface area contributed by atoms with Crippen molar-refractivity contribution < 1.29 is 13.2 Å². The lowest BCUT2D eigenvalue weighted by atomic mass is 9.94. The van der Waals surface area contributed by atoms with Crippen LogP contribution in [0.2, 0.25) is 0 Å². The third-order valence-corrected chi connectivity index (χ3v) is 19.8. The van der Waals surface area contributed by atoms with Crippen molar-refractivity contribution in [1.29, 1.82) is 15.8 Å². The predicted octanol–water partition coefficient (Wildman–Crippen LogP) is 23.1. The topological polar surface area (TPSA) is 95.4 Å². The molecule has 466 valence electrons. The van der Waals surface area contributed by atoms with Crippen LogP contribution in [-0.4, -0.2) is 18.3 Å². The smallest absolute Gasteiger partial charge is 0.308 e. The Morgan fingerprint density at radius 2 is 0.608 bits per heavy atom. The second kappa shape index (κ2) is 23.0. The molecule has 0 fully saturated rings. The molecule has 0 amide bonds. The Bertz CT molecular complexity index is 6050. The molecular weight excluding hydrogens is 1200 g/mol. The zero-order valence-corrected chi connectivity index (χ0v) is 54.8. The molecule has 0 saturated carbocycles. The van der Waals surface area contributed by atoms with E-state index in [9.17, 15) is 29.0 Å². The standard InChI is InChI=1S/C43H29F3N4.C43H32N4/c1-24-10-6-14-34-38(24)39-25(2)11-7-15-35(39)49(34)33-21-20-30(29-19-18-28(43(44,45)46)22-32(29)48-5)42(31(33)23-47)50-36-16-8-12-26(3)40(36)41-27(4)13-9-17-37(41)50;1-25-10-6-14-35-39(25)40-26(2)11-7-15-36(40)46(35)34-21-20-32(31-19-18-30(23-44)22-29(31)5)43(33(34)24-45)47-37-16-8-12-27(3)41(37)42-28(4)13-9-17-38(42)47/h6-22H,1-4H3;6-22H,1-5H3. The van der Waals surface area contributed by atoms with Crippen LogP contribution in [0.25, 0.3) is 137 Å². The van der Waals surface area contributed by atoms with E-state index in [1.54, 1.807) is 0 Å². The summed E-state index contributed by atoms with van der Waals surface area (Å²) in [4.78, 5) is 3.58. The van der Waals surface area contributed by atoms with Crippen LogP contribution in [0.3, 0.4) is 0 Å². The van der Waals surface area contributed by atoms with Crippen LogP contribution in [-0.2, 0) is 6.18 Å². The number of rotatable bonds is 6. The van der Waals surface area contributed by atoms with E-state index >= 15 is 0 Å². The molecule has 11 heteroatoms. The van der Waals surface area contributed by atoms with Crippen LogP contribution in [0.5, 0.6) is 0 Å². The number of fused-ring (bicyclic) bond motifs is 12. The summed E-state index contributed by atoms with van der Waals surface area (Å²) in [6.07, 6.45) is -4.61.